The molecule has 3 aromatic rings. The van der Waals surface area contributed by atoms with Crippen LogP contribution in [-0.4, -0.2) is 41.4 Å². The summed E-state index contributed by atoms with van der Waals surface area (Å²) < 4.78 is 10.6. The number of carboxylic acid groups (broad SMARTS) is 1. The Hall–Kier alpha value is -4.14. The van der Waals surface area contributed by atoms with Crippen molar-refractivity contribution in [3.05, 3.63) is 77.2 Å². The summed E-state index contributed by atoms with van der Waals surface area (Å²) in [5.74, 6) is -1.17. The summed E-state index contributed by atoms with van der Waals surface area (Å²) in [6, 6.07) is 17.6. The number of aromatic nitrogens is 1. The van der Waals surface area contributed by atoms with Crippen LogP contribution in [0.25, 0.3) is 11.1 Å². The lowest BCUT2D eigenvalue weighted by molar-refractivity contribution is -0.147. The number of nitrogens with one attached hydrogen (secondary N) is 2. The van der Waals surface area contributed by atoms with Crippen molar-refractivity contribution >= 4 is 18.0 Å². The summed E-state index contributed by atoms with van der Waals surface area (Å²) in [7, 11) is 0. The van der Waals surface area contributed by atoms with E-state index in [-0.39, 0.29) is 43.5 Å². The summed E-state index contributed by atoms with van der Waals surface area (Å²) in [6.07, 6.45) is -0.340. The summed E-state index contributed by atoms with van der Waals surface area (Å²) in [5.41, 5.74) is 3.64. The number of hydrogen-bond acceptors (Lipinski definition) is 6. The lowest BCUT2D eigenvalue weighted by Crippen LogP contribution is -2.32. The molecular formula is C26H27N3O6. The van der Waals surface area contributed by atoms with Crippen LogP contribution < -0.4 is 10.6 Å². The molecule has 2 aromatic carbocycles. The van der Waals surface area contributed by atoms with Gasteiger partial charge in [-0.2, -0.15) is 0 Å². The van der Waals surface area contributed by atoms with Crippen molar-refractivity contribution in [3.63, 3.8) is 0 Å². The predicted octanol–water partition coefficient (Wildman–Crippen LogP) is 3.94. The third-order valence-electron chi connectivity index (χ3n) is 6.16. The lowest BCUT2D eigenvalue weighted by Gasteiger charge is -2.18. The third kappa shape index (κ3) is 5.34. The van der Waals surface area contributed by atoms with Gasteiger partial charge in [-0.3, -0.25) is 9.59 Å². The van der Waals surface area contributed by atoms with E-state index < -0.39 is 23.4 Å². The van der Waals surface area contributed by atoms with Gasteiger partial charge in [0, 0.05) is 18.5 Å². The molecule has 3 N–H and O–H groups in total. The zero-order valence-electron chi connectivity index (χ0n) is 19.5. The predicted molar refractivity (Wildman–Crippen MR) is 127 cm³/mol. The first-order chi connectivity index (χ1) is 16.8. The van der Waals surface area contributed by atoms with Crippen molar-refractivity contribution in [2.24, 2.45) is 5.41 Å². The number of hydrogen-bond donors (Lipinski definition) is 3. The fourth-order valence-corrected chi connectivity index (χ4v) is 4.00. The Morgan fingerprint density at radius 2 is 1.66 bits per heavy atom. The van der Waals surface area contributed by atoms with E-state index in [9.17, 15) is 14.4 Å². The Bertz CT molecular complexity index is 1200. The molecule has 182 valence electrons. The smallest absolute Gasteiger partial charge is 0.407 e. The first-order valence-electron chi connectivity index (χ1n) is 11.3. The average molecular weight is 478 g/mol. The number of alkyl carbamates (subject to hydrolysis) is 1. The molecule has 2 amide bonds. The Labute approximate surface area is 202 Å². The zero-order chi connectivity index (χ0) is 25.0. The van der Waals surface area contributed by atoms with E-state index in [1.165, 1.54) is 6.07 Å². The molecule has 1 aliphatic carbocycles. The van der Waals surface area contributed by atoms with Crippen LogP contribution in [0, 0.1) is 5.41 Å². The van der Waals surface area contributed by atoms with E-state index in [1.807, 2.05) is 36.4 Å². The van der Waals surface area contributed by atoms with Gasteiger partial charge in [-0.05, 0) is 42.5 Å². The molecule has 0 fully saturated rings. The SMILES string of the molecule is CC(C)(CCNC(=O)c1cc(CNC(=O)OCC2c3ccccc3-c3ccccc32)on1)C(=O)O. The van der Waals surface area contributed by atoms with Crippen LogP contribution in [-0.2, 0) is 16.1 Å². The Morgan fingerprint density at radius 1 is 1.03 bits per heavy atom. The monoisotopic (exact) mass is 477 g/mol. The number of aliphatic carboxylic acids is 1. The number of rotatable bonds is 9. The first-order valence-corrected chi connectivity index (χ1v) is 11.3. The summed E-state index contributed by atoms with van der Waals surface area (Å²) >= 11 is 0. The molecule has 0 saturated carbocycles. The number of nitrogens with zero attached hydrogens (tertiary/aromatic N) is 1. The molecule has 1 aromatic heterocycles. The largest absolute Gasteiger partial charge is 0.481 e. The molecule has 0 spiro atoms. The minimum Gasteiger partial charge on any atom is -0.481 e. The molecule has 0 radical (unpaired) electrons. The fraction of sp³-hybridized carbons (Fsp3) is 0.308. The lowest BCUT2D eigenvalue weighted by atomic mass is 9.90. The molecule has 1 heterocycles. The van der Waals surface area contributed by atoms with E-state index in [0.717, 1.165) is 22.3 Å². The number of carboxylic acids is 1. The maximum absolute atomic E-state index is 12.3. The summed E-state index contributed by atoms with van der Waals surface area (Å²) in [6.45, 7) is 3.55. The number of benzene rings is 2. The number of carbonyl (C=O) groups excluding carboxylic acids is 2. The zero-order valence-corrected chi connectivity index (χ0v) is 19.5. The number of ether oxygens (including phenoxy) is 1. The van der Waals surface area contributed by atoms with Crippen molar-refractivity contribution in [2.75, 3.05) is 13.2 Å². The minimum atomic E-state index is -0.949. The van der Waals surface area contributed by atoms with Crippen molar-refractivity contribution in [3.8, 4) is 11.1 Å². The van der Waals surface area contributed by atoms with Gasteiger partial charge >= 0.3 is 12.1 Å². The molecule has 0 bridgehead atoms. The summed E-state index contributed by atoms with van der Waals surface area (Å²) in [4.78, 5) is 35.7. The molecule has 9 heteroatoms. The van der Waals surface area contributed by atoms with E-state index in [4.69, 9.17) is 14.4 Å². The van der Waals surface area contributed by atoms with Gasteiger partial charge in [-0.25, -0.2) is 4.79 Å². The Balaban J connectivity index is 1.26. The van der Waals surface area contributed by atoms with Crippen LogP contribution in [0.1, 0.15) is 53.6 Å². The highest BCUT2D eigenvalue weighted by Crippen LogP contribution is 2.44. The highest BCUT2D eigenvalue weighted by atomic mass is 16.5. The van der Waals surface area contributed by atoms with E-state index >= 15 is 0 Å². The first kappa shape index (κ1) is 24.0. The van der Waals surface area contributed by atoms with Gasteiger partial charge in [-0.15, -0.1) is 0 Å². The Morgan fingerprint density at radius 3 is 2.29 bits per heavy atom. The molecule has 0 atom stereocenters. The highest BCUT2D eigenvalue weighted by Gasteiger charge is 2.29. The van der Waals surface area contributed by atoms with Gasteiger partial charge in [-0.1, -0.05) is 53.7 Å². The van der Waals surface area contributed by atoms with Crippen molar-refractivity contribution in [1.82, 2.24) is 15.8 Å². The molecule has 35 heavy (non-hydrogen) atoms. The molecular weight excluding hydrogens is 450 g/mol. The second-order valence-electron chi connectivity index (χ2n) is 9.05. The van der Waals surface area contributed by atoms with Gasteiger partial charge in [0.1, 0.15) is 6.61 Å². The summed E-state index contributed by atoms with van der Waals surface area (Å²) in [5, 5.41) is 18.1. The standard InChI is InChI=1S/C26H27N3O6/c1-26(2,24(31)32)11-12-27-23(30)22-13-16(35-29-22)14-28-25(33)34-15-21-19-9-5-3-7-17(19)18-8-4-6-10-20(18)21/h3-10,13,21H,11-12,14-15H2,1-2H3,(H,27,30)(H,28,33)(H,31,32). The molecule has 0 aliphatic heterocycles. The normalized spacial score (nSPS) is 12.5. The maximum Gasteiger partial charge on any atom is 0.407 e. The van der Waals surface area contributed by atoms with Crippen LogP contribution in [0.15, 0.2) is 59.1 Å². The fourth-order valence-electron chi connectivity index (χ4n) is 4.00. The molecule has 1 aliphatic rings. The van der Waals surface area contributed by atoms with Gasteiger partial charge in [0.15, 0.2) is 11.5 Å². The molecule has 0 saturated heterocycles. The van der Waals surface area contributed by atoms with Gasteiger partial charge in [0.05, 0.1) is 12.0 Å². The average Bonchev–Trinajstić information content (AvgIpc) is 3.44. The van der Waals surface area contributed by atoms with Crippen LogP contribution in [0.5, 0.6) is 0 Å². The van der Waals surface area contributed by atoms with Gasteiger partial charge in [0.25, 0.3) is 5.91 Å². The second-order valence-corrected chi connectivity index (χ2v) is 9.05. The van der Waals surface area contributed by atoms with E-state index in [1.54, 1.807) is 13.8 Å². The second kappa shape index (κ2) is 10.0. The Kier molecular flexibility index (Phi) is 6.86. The maximum atomic E-state index is 12.3. The van der Waals surface area contributed by atoms with Crippen LogP contribution in [0.4, 0.5) is 4.79 Å². The minimum absolute atomic E-state index is 0.00298. The van der Waals surface area contributed by atoms with Crippen LogP contribution in [0.2, 0.25) is 0 Å². The van der Waals surface area contributed by atoms with Crippen molar-refractivity contribution in [2.45, 2.75) is 32.7 Å². The number of carbonyl (C=O) groups is 3. The van der Waals surface area contributed by atoms with Crippen LogP contribution >= 0.6 is 0 Å². The molecule has 9 nitrogen and oxygen atoms in total. The van der Waals surface area contributed by atoms with Crippen molar-refractivity contribution < 1.29 is 28.8 Å². The molecule has 0 unspecified atom stereocenters. The van der Waals surface area contributed by atoms with E-state index in [0.29, 0.717) is 0 Å². The van der Waals surface area contributed by atoms with Crippen molar-refractivity contribution in [1.29, 1.82) is 0 Å². The van der Waals surface area contributed by atoms with Gasteiger partial charge in [0.2, 0.25) is 0 Å². The van der Waals surface area contributed by atoms with E-state index in [2.05, 4.69) is 27.9 Å². The van der Waals surface area contributed by atoms with Gasteiger partial charge < -0.3 is 25.0 Å². The van der Waals surface area contributed by atoms with Crippen LogP contribution in [0.3, 0.4) is 0 Å². The quantitative estimate of drug-likeness (QED) is 0.425. The molecule has 4 rings (SSSR count). The number of amides is 2. The third-order valence-corrected chi connectivity index (χ3v) is 6.16. The number of fused-ring (bicyclic) bond motifs is 3. The highest BCUT2D eigenvalue weighted by molar-refractivity contribution is 5.92. The topological polar surface area (TPSA) is 131 Å².